The molecule has 0 aliphatic heterocycles. The van der Waals surface area contributed by atoms with E-state index < -0.39 is 0 Å². The Morgan fingerprint density at radius 1 is 0.722 bits per heavy atom. The molecule has 0 unspecified atom stereocenters. The molecule has 0 saturated carbocycles. The van der Waals surface area contributed by atoms with Crippen molar-refractivity contribution in [2.24, 2.45) is 0 Å². The molecular weight excluding hydrogens is 360 g/mol. The molecule has 0 saturated heterocycles. The summed E-state index contributed by atoms with van der Waals surface area (Å²) in [5, 5.41) is 3.16. The van der Waals surface area contributed by atoms with Gasteiger partial charge in [0.15, 0.2) is 0 Å². The Bertz CT molecular complexity index is 831. The van der Waals surface area contributed by atoms with E-state index in [-0.39, 0.29) is 0 Å². The van der Waals surface area contributed by atoms with Crippen LogP contribution >= 0.6 is 31.9 Å². The topological polar surface area (TPSA) is 26.3 Å². The minimum Gasteiger partial charge on any atom is -0.425 e. The second-order valence-electron chi connectivity index (χ2n) is 4.15. The molecule has 2 heterocycles. The van der Waals surface area contributed by atoms with Gasteiger partial charge < -0.3 is 8.83 Å². The molecular formula is C14H6Br2O2. The van der Waals surface area contributed by atoms with Gasteiger partial charge in [0.05, 0.1) is 5.39 Å². The van der Waals surface area contributed by atoms with Gasteiger partial charge in [-0.05, 0) is 36.4 Å². The minimum absolute atomic E-state index is 0.580. The monoisotopic (exact) mass is 364 g/mol. The van der Waals surface area contributed by atoms with Crippen molar-refractivity contribution in [1.82, 2.24) is 0 Å². The maximum atomic E-state index is 5.73. The predicted molar refractivity (Wildman–Crippen MR) is 78.9 cm³/mol. The van der Waals surface area contributed by atoms with Crippen LogP contribution in [0.25, 0.3) is 33.1 Å². The zero-order chi connectivity index (χ0) is 12.3. The van der Waals surface area contributed by atoms with Gasteiger partial charge in [0.1, 0.15) is 11.2 Å². The summed E-state index contributed by atoms with van der Waals surface area (Å²) >= 11 is 6.98. The molecule has 2 nitrogen and oxygen atoms in total. The average molecular weight is 366 g/mol. The maximum absolute atomic E-state index is 5.73. The van der Waals surface area contributed by atoms with Crippen molar-refractivity contribution in [3.8, 4) is 0 Å². The van der Waals surface area contributed by atoms with E-state index in [9.17, 15) is 0 Å². The van der Waals surface area contributed by atoms with Gasteiger partial charge in [0.25, 0.3) is 5.78 Å². The van der Waals surface area contributed by atoms with E-state index in [0.29, 0.717) is 5.78 Å². The summed E-state index contributed by atoms with van der Waals surface area (Å²) in [4.78, 5) is 0. The zero-order valence-electron chi connectivity index (χ0n) is 9.04. The molecule has 0 atom stereocenters. The molecule has 18 heavy (non-hydrogen) atoms. The molecule has 0 radical (unpaired) electrons. The summed E-state index contributed by atoms with van der Waals surface area (Å²) in [7, 11) is 0. The Morgan fingerprint density at radius 2 is 1.22 bits per heavy atom. The summed E-state index contributed by atoms with van der Waals surface area (Å²) < 4.78 is 13.5. The third-order valence-electron chi connectivity index (χ3n) is 3.03. The van der Waals surface area contributed by atoms with E-state index in [2.05, 4.69) is 44.0 Å². The number of furan rings is 2. The van der Waals surface area contributed by atoms with Crippen molar-refractivity contribution in [2.45, 2.75) is 0 Å². The highest BCUT2D eigenvalue weighted by molar-refractivity contribution is 9.10. The van der Waals surface area contributed by atoms with E-state index >= 15 is 0 Å². The number of rotatable bonds is 0. The highest BCUT2D eigenvalue weighted by Gasteiger charge is 2.15. The number of halogens is 2. The van der Waals surface area contributed by atoms with Crippen LogP contribution in [0.4, 0.5) is 0 Å². The summed E-state index contributed by atoms with van der Waals surface area (Å²) in [6, 6.07) is 11.9. The van der Waals surface area contributed by atoms with Gasteiger partial charge in [-0.3, -0.25) is 0 Å². The lowest BCUT2D eigenvalue weighted by molar-refractivity contribution is 0.524. The smallest absolute Gasteiger partial charge is 0.299 e. The quantitative estimate of drug-likeness (QED) is 0.390. The lowest BCUT2D eigenvalue weighted by Gasteiger charge is -1.93. The zero-order valence-corrected chi connectivity index (χ0v) is 12.2. The fourth-order valence-corrected chi connectivity index (χ4v) is 2.98. The third kappa shape index (κ3) is 1.39. The Morgan fingerprint density at radius 3 is 1.72 bits per heavy atom. The van der Waals surface area contributed by atoms with Crippen molar-refractivity contribution in [3.05, 3.63) is 45.3 Å². The van der Waals surface area contributed by atoms with Gasteiger partial charge in [-0.25, -0.2) is 0 Å². The van der Waals surface area contributed by atoms with Crippen LogP contribution in [0.1, 0.15) is 0 Å². The van der Waals surface area contributed by atoms with Gasteiger partial charge in [-0.2, -0.15) is 0 Å². The molecule has 2 aromatic heterocycles. The van der Waals surface area contributed by atoms with E-state index in [1.807, 2.05) is 24.3 Å². The molecule has 0 aliphatic rings. The van der Waals surface area contributed by atoms with Gasteiger partial charge in [-0.15, -0.1) is 0 Å². The molecule has 4 heteroatoms. The highest BCUT2D eigenvalue weighted by Crippen LogP contribution is 2.38. The second kappa shape index (κ2) is 3.62. The van der Waals surface area contributed by atoms with Crippen LogP contribution in [0.2, 0.25) is 0 Å². The molecule has 4 aromatic rings. The Balaban J connectivity index is 2.30. The van der Waals surface area contributed by atoms with Gasteiger partial charge in [0.2, 0.25) is 0 Å². The van der Waals surface area contributed by atoms with Crippen LogP contribution in [0.15, 0.2) is 54.2 Å². The average Bonchev–Trinajstić information content (AvgIpc) is 2.85. The first kappa shape index (κ1) is 10.6. The standard InChI is InChI=1S/C14H6Br2O2/c15-7-1-3-11-9(5-7)13-10-6-8(16)2-4-12(10)18-14(13)17-11/h1-6H. The van der Waals surface area contributed by atoms with Gasteiger partial charge in [0, 0.05) is 19.7 Å². The molecule has 88 valence electrons. The first-order chi connectivity index (χ1) is 8.72. The Kier molecular flexibility index (Phi) is 2.14. The van der Waals surface area contributed by atoms with Gasteiger partial charge in [-0.1, -0.05) is 31.9 Å². The summed E-state index contributed by atoms with van der Waals surface area (Å²) in [6.07, 6.45) is 0. The van der Waals surface area contributed by atoms with Crippen LogP contribution in [0, 0.1) is 0 Å². The van der Waals surface area contributed by atoms with Crippen molar-refractivity contribution >= 4 is 65.0 Å². The number of benzene rings is 2. The normalized spacial score (nSPS) is 11.9. The molecule has 0 bridgehead atoms. The first-order valence-electron chi connectivity index (χ1n) is 5.42. The highest BCUT2D eigenvalue weighted by atomic mass is 79.9. The van der Waals surface area contributed by atoms with E-state index in [0.717, 1.165) is 36.3 Å². The van der Waals surface area contributed by atoms with E-state index in [1.54, 1.807) is 0 Å². The Labute approximate surface area is 119 Å². The van der Waals surface area contributed by atoms with Gasteiger partial charge >= 0.3 is 0 Å². The van der Waals surface area contributed by atoms with Crippen molar-refractivity contribution in [1.29, 1.82) is 0 Å². The Hall–Kier alpha value is -1.26. The van der Waals surface area contributed by atoms with Crippen LogP contribution in [0.5, 0.6) is 0 Å². The molecule has 0 amide bonds. The van der Waals surface area contributed by atoms with E-state index in [4.69, 9.17) is 8.83 Å². The number of hydrogen-bond donors (Lipinski definition) is 0. The van der Waals surface area contributed by atoms with E-state index in [1.165, 1.54) is 0 Å². The van der Waals surface area contributed by atoms with Crippen LogP contribution in [0.3, 0.4) is 0 Å². The van der Waals surface area contributed by atoms with Crippen molar-refractivity contribution in [3.63, 3.8) is 0 Å². The SMILES string of the molecule is Brc1ccc2oc3oc4ccc(Br)cc4c3c2c1. The lowest BCUT2D eigenvalue weighted by atomic mass is 10.1. The minimum atomic E-state index is 0.580. The maximum Gasteiger partial charge on any atom is 0.299 e. The van der Waals surface area contributed by atoms with Crippen molar-refractivity contribution < 1.29 is 8.83 Å². The predicted octanol–water partition coefficient (Wildman–Crippen LogP) is 5.86. The largest absolute Gasteiger partial charge is 0.425 e. The van der Waals surface area contributed by atoms with Crippen LogP contribution in [-0.4, -0.2) is 0 Å². The fraction of sp³-hybridized carbons (Fsp3) is 0. The number of fused-ring (bicyclic) bond motifs is 5. The summed E-state index contributed by atoms with van der Waals surface area (Å²) in [6.45, 7) is 0. The lowest BCUT2D eigenvalue weighted by Crippen LogP contribution is -1.69. The molecule has 0 spiro atoms. The molecule has 0 fully saturated rings. The summed E-state index contributed by atoms with van der Waals surface area (Å²) in [5.74, 6) is 0.580. The molecule has 0 aliphatic carbocycles. The molecule has 4 rings (SSSR count). The summed E-state index contributed by atoms with van der Waals surface area (Å²) in [5.41, 5.74) is 1.68. The van der Waals surface area contributed by atoms with Crippen LogP contribution < -0.4 is 0 Å². The van der Waals surface area contributed by atoms with Crippen LogP contribution in [-0.2, 0) is 0 Å². The van der Waals surface area contributed by atoms with Crippen molar-refractivity contribution in [2.75, 3.05) is 0 Å². The fourth-order valence-electron chi connectivity index (χ4n) is 2.26. The first-order valence-corrected chi connectivity index (χ1v) is 7.01. The third-order valence-corrected chi connectivity index (χ3v) is 4.02. The molecule has 2 aromatic carbocycles. The second-order valence-corrected chi connectivity index (χ2v) is 5.98. The molecule has 0 N–H and O–H groups in total. The number of hydrogen-bond acceptors (Lipinski definition) is 2.